The summed E-state index contributed by atoms with van der Waals surface area (Å²) in [7, 11) is 1.65. The van der Waals surface area contributed by atoms with Gasteiger partial charge in [0.05, 0.1) is 30.3 Å². The maximum absolute atomic E-state index is 13.9. The minimum absolute atomic E-state index is 0.00161. The molecule has 2 fully saturated rings. The van der Waals surface area contributed by atoms with Crippen molar-refractivity contribution in [1.82, 2.24) is 19.6 Å². The van der Waals surface area contributed by atoms with Crippen LogP contribution in [0.2, 0.25) is 0 Å². The zero-order valence-corrected chi connectivity index (χ0v) is 24.2. The Bertz CT molecular complexity index is 1370. The van der Waals surface area contributed by atoms with Crippen molar-refractivity contribution in [2.24, 2.45) is 0 Å². The summed E-state index contributed by atoms with van der Waals surface area (Å²) in [5.74, 6) is 0.404. The number of ether oxygens (including phenoxy) is 2. The van der Waals surface area contributed by atoms with E-state index in [0.717, 1.165) is 17.1 Å². The number of hydrogen-bond donors (Lipinski definition) is 0. The topological polar surface area (TPSA) is 80.1 Å². The number of methoxy groups -OCH3 is 1. The molecule has 41 heavy (non-hydrogen) atoms. The Morgan fingerprint density at radius 1 is 0.902 bits per heavy atom. The number of piperazine rings is 1. The van der Waals surface area contributed by atoms with Crippen LogP contribution >= 0.6 is 0 Å². The second kappa shape index (κ2) is 11.8. The Labute approximate surface area is 240 Å². The van der Waals surface area contributed by atoms with Crippen molar-refractivity contribution in [3.05, 3.63) is 71.8 Å². The Kier molecular flexibility index (Phi) is 8.19. The molecule has 218 valence electrons. The van der Waals surface area contributed by atoms with Gasteiger partial charge in [0.2, 0.25) is 0 Å². The molecule has 3 heterocycles. The van der Waals surface area contributed by atoms with Gasteiger partial charge in [-0.25, -0.2) is 13.9 Å². The van der Waals surface area contributed by atoms with E-state index >= 15 is 0 Å². The summed E-state index contributed by atoms with van der Waals surface area (Å²) >= 11 is 0. The lowest BCUT2D eigenvalue weighted by atomic mass is 9.90. The van der Waals surface area contributed by atoms with E-state index in [0.29, 0.717) is 63.4 Å². The third kappa shape index (κ3) is 6.47. The van der Waals surface area contributed by atoms with Crippen LogP contribution in [0.1, 0.15) is 55.6 Å². The van der Waals surface area contributed by atoms with Crippen LogP contribution in [0.25, 0.3) is 5.69 Å². The zero-order chi connectivity index (χ0) is 29.1. The molecule has 9 nitrogen and oxygen atoms in total. The molecule has 0 unspecified atom stereocenters. The van der Waals surface area contributed by atoms with E-state index in [2.05, 4.69) is 16.1 Å². The van der Waals surface area contributed by atoms with Crippen molar-refractivity contribution < 1.29 is 23.5 Å². The second-order valence-corrected chi connectivity index (χ2v) is 11.6. The molecule has 2 amide bonds. The molecule has 3 aromatic rings. The smallest absolute Gasteiger partial charge is 0.410 e. The predicted octanol–water partition coefficient (Wildman–Crippen LogP) is 5.10. The lowest BCUT2D eigenvalue weighted by molar-refractivity contribution is 0.0203. The van der Waals surface area contributed by atoms with Crippen LogP contribution in [0.5, 0.6) is 5.75 Å². The van der Waals surface area contributed by atoms with Crippen LogP contribution in [0.3, 0.4) is 0 Å². The number of rotatable bonds is 5. The molecule has 2 aliphatic heterocycles. The number of piperidine rings is 1. The number of halogens is 1. The van der Waals surface area contributed by atoms with Crippen molar-refractivity contribution >= 4 is 17.7 Å². The highest BCUT2D eigenvalue weighted by Gasteiger charge is 2.34. The summed E-state index contributed by atoms with van der Waals surface area (Å²) in [6.45, 7) is 9.15. The predicted molar refractivity (Wildman–Crippen MR) is 154 cm³/mol. The third-order valence-corrected chi connectivity index (χ3v) is 7.63. The molecular weight excluding hydrogens is 525 g/mol. The molecule has 2 saturated heterocycles. The molecule has 0 atom stereocenters. The molecule has 0 radical (unpaired) electrons. The number of carbonyl (C=O) groups is 2. The number of nitrogens with zero attached hydrogens (tertiary/aromatic N) is 5. The fourth-order valence-corrected chi connectivity index (χ4v) is 5.51. The Morgan fingerprint density at radius 2 is 1.59 bits per heavy atom. The second-order valence-electron chi connectivity index (χ2n) is 11.6. The molecule has 0 saturated carbocycles. The van der Waals surface area contributed by atoms with E-state index in [4.69, 9.17) is 9.47 Å². The molecule has 1 aromatic heterocycles. The average Bonchev–Trinajstić information content (AvgIpc) is 3.41. The summed E-state index contributed by atoms with van der Waals surface area (Å²) in [5.41, 5.74) is 2.56. The highest BCUT2D eigenvalue weighted by molar-refractivity contribution is 5.95. The van der Waals surface area contributed by atoms with Crippen LogP contribution < -0.4 is 9.64 Å². The van der Waals surface area contributed by atoms with E-state index in [-0.39, 0.29) is 23.7 Å². The molecule has 0 aliphatic carbocycles. The SMILES string of the molecule is COc1cccc(N2CCN(C(=O)c3cnn(-c4ccc(F)cc4)c3C3CCN(C(=O)OC(C)(C)C)CC3)CC2)c1. The van der Waals surface area contributed by atoms with Crippen molar-refractivity contribution in [3.8, 4) is 11.4 Å². The van der Waals surface area contributed by atoms with Gasteiger partial charge in [-0.15, -0.1) is 0 Å². The lowest BCUT2D eigenvalue weighted by Gasteiger charge is -2.37. The lowest BCUT2D eigenvalue weighted by Crippen LogP contribution is -2.49. The fraction of sp³-hybridized carbons (Fsp3) is 0.452. The largest absolute Gasteiger partial charge is 0.497 e. The van der Waals surface area contributed by atoms with E-state index in [9.17, 15) is 14.0 Å². The maximum atomic E-state index is 13.9. The normalized spacial score (nSPS) is 16.6. The number of aromatic nitrogens is 2. The van der Waals surface area contributed by atoms with Gasteiger partial charge >= 0.3 is 6.09 Å². The van der Waals surface area contributed by atoms with Crippen molar-refractivity contribution in [2.45, 2.75) is 45.1 Å². The number of hydrogen-bond acceptors (Lipinski definition) is 6. The van der Waals surface area contributed by atoms with Gasteiger partial charge in [0.15, 0.2) is 0 Å². The third-order valence-electron chi connectivity index (χ3n) is 7.63. The van der Waals surface area contributed by atoms with Gasteiger partial charge in [-0.2, -0.15) is 5.10 Å². The molecule has 5 rings (SSSR count). The summed E-state index contributed by atoms with van der Waals surface area (Å²) in [4.78, 5) is 32.4. The standard InChI is InChI=1S/C31H38FN5O4/c1-31(2,3)41-30(39)36-14-12-22(13-15-36)28-27(21-33-37(28)24-10-8-23(32)9-11-24)29(38)35-18-16-34(17-19-35)25-6-5-7-26(20-25)40-4/h5-11,20-22H,12-19H2,1-4H3. The molecule has 0 bridgehead atoms. The van der Waals surface area contributed by atoms with Crippen LogP contribution in [-0.4, -0.2) is 83.6 Å². The van der Waals surface area contributed by atoms with Gasteiger partial charge in [0.25, 0.3) is 5.91 Å². The highest BCUT2D eigenvalue weighted by atomic mass is 19.1. The average molecular weight is 564 g/mol. The van der Waals surface area contributed by atoms with Gasteiger partial charge in [-0.05, 0) is 70.0 Å². The summed E-state index contributed by atoms with van der Waals surface area (Å²) in [6, 6.07) is 14.1. The van der Waals surface area contributed by atoms with Gasteiger partial charge in [0, 0.05) is 56.9 Å². The number of likely N-dealkylation sites (tertiary alicyclic amines) is 1. The first-order valence-electron chi connectivity index (χ1n) is 14.1. The van der Waals surface area contributed by atoms with E-state index < -0.39 is 5.60 Å². The molecule has 2 aliphatic rings. The number of benzene rings is 2. The number of anilines is 1. The minimum Gasteiger partial charge on any atom is -0.497 e. The van der Waals surface area contributed by atoms with Crippen LogP contribution in [0.4, 0.5) is 14.9 Å². The van der Waals surface area contributed by atoms with Crippen molar-refractivity contribution in [1.29, 1.82) is 0 Å². The molecule has 10 heteroatoms. The van der Waals surface area contributed by atoms with Crippen molar-refractivity contribution in [3.63, 3.8) is 0 Å². The van der Waals surface area contributed by atoms with Gasteiger partial charge in [-0.3, -0.25) is 4.79 Å². The van der Waals surface area contributed by atoms with Crippen LogP contribution in [-0.2, 0) is 4.74 Å². The summed E-state index contributed by atoms with van der Waals surface area (Å²) in [5, 5.41) is 4.61. The maximum Gasteiger partial charge on any atom is 0.410 e. The Balaban J connectivity index is 1.35. The van der Waals surface area contributed by atoms with E-state index in [1.165, 1.54) is 12.1 Å². The zero-order valence-electron chi connectivity index (χ0n) is 24.2. The Morgan fingerprint density at radius 3 is 2.22 bits per heavy atom. The van der Waals surface area contributed by atoms with Crippen LogP contribution in [0.15, 0.2) is 54.7 Å². The first-order valence-corrected chi connectivity index (χ1v) is 14.1. The minimum atomic E-state index is -0.564. The summed E-state index contributed by atoms with van der Waals surface area (Å²) < 4.78 is 26.4. The molecular formula is C31H38FN5O4. The van der Waals surface area contributed by atoms with E-state index in [1.807, 2.05) is 43.9 Å². The first-order chi connectivity index (χ1) is 19.6. The van der Waals surface area contributed by atoms with Crippen molar-refractivity contribution in [2.75, 3.05) is 51.3 Å². The monoisotopic (exact) mass is 563 g/mol. The molecule has 0 N–H and O–H groups in total. The fourth-order valence-electron chi connectivity index (χ4n) is 5.51. The number of amides is 2. The molecule has 2 aromatic carbocycles. The van der Waals surface area contributed by atoms with Crippen LogP contribution in [0, 0.1) is 5.82 Å². The van der Waals surface area contributed by atoms with Gasteiger partial charge in [-0.1, -0.05) is 6.07 Å². The first kappa shape index (κ1) is 28.4. The number of carbonyl (C=O) groups excluding carboxylic acids is 2. The molecule has 0 spiro atoms. The van der Waals surface area contributed by atoms with E-state index in [1.54, 1.807) is 35.0 Å². The quantitative estimate of drug-likeness (QED) is 0.430. The van der Waals surface area contributed by atoms with Gasteiger partial charge in [0.1, 0.15) is 17.2 Å². The highest BCUT2D eigenvalue weighted by Crippen LogP contribution is 2.34. The Hall–Kier alpha value is -4.08. The summed E-state index contributed by atoms with van der Waals surface area (Å²) in [6.07, 6.45) is 2.63. The van der Waals surface area contributed by atoms with Gasteiger partial charge < -0.3 is 24.2 Å².